The van der Waals surface area contributed by atoms with Crippen molar-refractivity contribution in [2.75, 3.05) is 18.4 Å². The van der Waals surface area contributed by atoms with Gasteiger partial charge >= 0.3 is 0 Å². The van der Waals surface area contributed by atoms with Crippen LogP contribution in [0.2, 0.25) is 0 Å². The fourth-order valence-corrected chi connectivity index (χ4v) is 3.21. The van der Waals surface area contributed by atoms with Gasteiger partial charge in [-0.1, -0.05) is 42.5 Å². The Kier molecular flexibility index (Phi) is 5.87. The molecular formula is C23H24N2O2. The van der Waals surface area contributed by atoms with Gasteiger partial charge in [0.15, 0.2) is 0 Å². The Balaban J connectivity index is 1.68. The minimum atomic E-state index is -0.0748. The Bertz CT molecular complexity index is 939. The van der Waals surface area contributed by atoms with Gasteiger partial charge in [-0.3, -0.25) is 9.59 Å². The van der Waals surface area contributed by atoms with E-state index in [-0.39, 0.29) is 11.8 Å². The number of carbonyl (C=O) groups is 2. The van der Waals surface area contributed by atoms with Crippen LogP contribution in [0.3, 0.4) is 0 Å². The Morgan fingerprint density at radius 2 is 1.52 bits per heavy atom. The number of rotatable bonds is 6. The first-order chi connectivity index (χ1) is 13.1. The van der Waals surface area contributed by atoms with Crippen LogP contribution in [0.25, 0.3) is 10.8 Å². The largest absolute Gasteiger partial charge is 0.339 e. The molecule has 0 heterocycles. The van der Waals surface area contributed by atoms with Gasteiger partial charge in [-0.25, -0.2) is 0 Å². The smallest absolute Gasteiger partial charge is 0.253 e. The van der Waals surface area contributed by atoms with E-state index >= 15 is 0 Å². The van der Waals surface area contributed by atoms with Crippen molar-refractivity contribution < 1.29 is 9.59 Å². The molecule has 2 amide bonds. The van der Waals surface area contributed by atoms with E-state index in [1.54, 1.807) is 29.2 Å². The van der Waals surface area contributed by atoms with E-state index in [1.165, 1.54) is 0 Å². The third-order valence-electron chi connectivity index (χ3n) is 4.70. The minimum absolute atomic E-state index is 0.00799. The zero-order valence-corrected chi connectivity index (χ0v) is 15.7. The summed E-state index contributed by atoms with van der Waals surface area (Å²) in [5.74, 6) is -0.0668. The van der Waals surface area contributed by atoms with Crippen LogP contribution >= 0.6 is 0 Å². The number of nitrogens with zero attached hydrogens (tertiary/aromatic N) is 1. The highest BCUT2D eigenvalue weighted by Crippen LogP contribution is 2.19. The van der Waals surface area contributed by atoms with Crippen molar-refractivity contribution >= 4 is 28.3 Å². The standard InChI is InChI=1S/C23H24N2O2/c1-3-25(4-2)23(27)18-12-14-20(15-13-18)24-22(26)16-19-10-7-9-17-8-5-6-11-21(17)19/h5-15H,3-4,16H2,1-2H3,(H,24,26). The van der Waals surface area contributed by atoms with Crippen molar-refractivity contribution in [3.63, 3.8) is 0 Å². The molecular weight excluding hydrogens is 336 g/mol. The van der Waals surface area contributed by atoms with Crippen molar-refractivity contribution in [3.05, 3.63) is 77.9 Å². The maximum Gasteiger partial charge on any atom is 0.253 e. The Morgan fingerprint density at radius 3 is 2.22 bits per heavy atom. The highest BCUT2D eigenvalue weighted by Gasteiger charge is 2.12. The van der Waals surface area contributed by atoms with Crippen LogP contribution in [-0.2, 0) is 11.2 Å². The van der Waals surface area contributed by atoms with Crippen LogP contribution < -0.4 is 5.32 Å². The van der Waals surface area contributed by atoms with Crippen molar-refractivity contribution in [1.29, 1.82) is 0 Å². The highest BCUT2D eigenvalue weighted by atomic mass is 16.2. The summed E-state index contributed by atoms with van der Waals surface area (Å²) < 4.78 is 0. The molecule has 0 spiro atoms. The molecule has 0 atom stereocenters. The van der Waals surface area contributed by atoms with E-state index < -0.39 is 0 Å². The summed E-state index contributed by atoms with van der Waals surface area (Å²) in [6, 6.07) is 21.1. The second-order valence-electron chi connectivity index (χ2n) is 6.42. The number of carbonyl (C=O) groups excluding carboxylic acids is 2. The lowest BCUT2D eigenvalue weighted by Gasteiger charge is -2.18. The number of anilines is 1. The molecule has 0 aliphatic heterocycles. The second kappa shape index (κ2) is 8.49. The van der Waals surface area contributed by atoms with Gasteiger partial charge in [0.2, 0.25) is 5.91 Å². The Morgan fingerprint density at radius 1 is 0.852 bits per heavy atom. The van der Waals surface area contributed by atoms with Crippen molar-refractivity contribution in [2.45, 2.75) is 20.3 Å². The predicted molar refractivity (Wildman–Crippen MR) is 110 cm³/mol. The van der Waals surface area contributed by atoms with Gasteiger partial charge in [-0.05, 0) is 54.4 Å². The zero-order valence-electron chi connectivity index (χ0n) is 15.7. The molecule has 0 fully saturated rings. The molecule has 1 N–H and O–H groups in total. The number of fused-ring (bicyclic) bond motifs is 1. The topological polar surface area (TPSA) is 49.4 Å². The lowest BCUT2D eigenvalue weighted by Crippen LogP contribution is -2.30. The van der Waals surface area contributed by atoms with Crippen LogP contribution in [0.5, 0.6) is 0 Å². The zero-order chi connectivity index (χ0) is 19.2. The molecule has 4 nitrogen and oxygen atoms in total. The fraction of sp³-hybridized carbons (Fsp3) is 0.217. The van der Waals surface area contributed by atoms with Gasteiger partial charge in [0.1, 0.15) is 0 Å². The maximum atomic E-state index is 12.5. The van der Waals surface area contributed by atoms with Crippen LogP contribution in [0.4, 0.5) is 5.69 Å². The summed E-state index contributed by atoms with van der Waals surface area (Å²) >= 11 is 0. The molecule has 27 heavy (non-hydrogen) atoms. The van der Waals surface area contributed by atoms with Gasteiger partial charge in [0, 0.05) is 24.3 Å². The summed E-state index contributed by atoms with van der Waals surface area (Å²) in [6.07, 6.45) is 0.307. The molecule has 138 valence electrons. The molecule has 0 aromatic heterocycles. The summed E-state index contributed by atoms with van der Waals surface area (Å²) in [7, 11) is 0. The van der Waals surface area contributed by atoms with Gasteiger partial charge in [-0.2, -0.15) is 0 Å². The molecule has 0 aliphatic rings. The average molecular weight is 360 g/mol. The summed E-state index contributed by atoms with van der Waals surface area (Å²) in [6.45, 7) is 5.28. The monoisotopic (exact) mass is 360 g/mol. The summed E-state index contributed by atoms with van der Waals surface area (Å²) in [5.41, 5.74) is 2.32. The molecule has 3 rings (SSSR count). The quantitative estimate of drug-likeness (QED) is 0.703. The van der Waals surface area contributed by atoms with E-state index in [0.29, 0.717) is 30.8 Å². The average Bonchev–Trinajstić information content (AvgIpc) is 2.69. The van der Waals surface area contributed by atoms with E-state index in [0.717, 1.165) is 16.3 Å². The highest BCUT2D eigenvalue weighted by molar-refractivity contribution is 5.97. The molecule has 0 saturated heterocycles. The minimum Gasteiger partial charge on any atom is -0.339 e. The molecule has 0 radical (unpaired) electrons. The first kappa shape index (κ1) is 18.6. The fourth-order valence-electron chi connectivity index (χ4n) is 3.21. The van der Waals surface area contributed by atoms with Crippen molar-refractivity contribution in [1.82, 2.24) is 4.90 Å². The number of hydrogen-bond donors (Lipinski definition) is 1. The SMILES string of the molecule is CCN(CC)C(=O)c1ccc(NC(=O)Cc2cccc3ccccc23)cc1. The molecule has 0 unspecified atom stereocenters. The van der Waals surface area contributed by atoms with E-state index in [4.69, 9.17) is 0 Å². The molecule has 4 heteroatoms. The van der Waals surface area contributed by atoms with Gasteiger partial charge < -0.3 is 10.2 Å². The van der Waals surface area contributed by atoms with Gasteiger partial charge in [-0.15, -0.1) is 0 Å². The Hall–Kier alpha value is -3.14. The lowest BCUT2D eigenvalue weighted by molar-refractivity contribution is -0.115. The molecule has 3 aromatic carbocycles. The second-order valence-corrected chi connectivity index (χ2v) is 6.42. The van der Waals surface area contributed by atoms with E-state index in [9.17, 15) is 9.59 Å². The lowest BCUT2D eigenvalue weighted by atomic mass is 10.0. The summed E-state index contributed by atoms with van der Waals surface area (Å²) in [4.78, 5) is 26.6. The summed E-state index contributed by atoms with van der Waals surface area (Å²) in [5, 5.41) is 5.13. The Labute approximate surface area is 159 Å². The third kappa shape index (κ3) is 4.34. The van der Waals surface area contributed by atoms with Crippen LogP contribution in [0.1, 0.15) is 29.8 Å². The van der Waals surface area contributed by atoms with Crippen molar-refractivity contribution in [3.8, 4) is 0 Å². The van der Waals surface area contributed by atoms with Crippen LogP contribution in [0, 0.1) is 0 Å². The predicted octanol–water partition coefficient (Wildman–Crippen LogP) is 4.50. The van der Waals surface area contributed by atoms with Gasteiger partial charge in [0.25, 0.3) is 5.91 Å². The number of nitrogens with one attached hydrogen (secondary N) is 1. The number of hydrogen-bond acceptors (Lipinski definition) is 2. The first-order valence-corrected chi connectivity index (χ1v) is 9.28. The molecule has 0 bridgehead atoms. The van der Waals surface area contributed by atoms with E-state index in [1.807, 2.05) is 56.3 Å². The molecule has 3 aromatic rings. The van der Waals surface area contributed by atoms with E-state index in [2.05, 4.69) is 5.32 Å². The van der Waals surface area contributed by atoms with Gasteiger partial charge in [0.05, 0.1) is 6.42 Å². The normalized spacial score (nSPS) is 10.6. The maximum absolute atomic E-state index is 12.5. The third-order valence-corrected chi connectivity index (χ3v) is 4.70. The number of benzene rings is 3. The molecule has 0 saturated carbocycles. The van der Waals surface area contributed by atoms with Crippen LogP contribution in [0.15, 0.2) is 66.7 Å². The van der Waals surface area contributed by atoms with Crippen molar-refractivity contribution in [2.24, 2.45) is 0 Å². The molecule has 0 aliphatic carbocycles. The first-order valence-electron chi connectivity index (χ1n) is 9.28. The number of amides is 2. The van der Waals surface area contributed by atoms with Crippen LogP contribution in [-0.4, -0.2) is 29.8 Å².